The summed E-state index contributed by atoms with van der Waals surface area (Å²) in [5.74, 6) is 0.459. The Morgan fingerprint density at radius 1 is 1.30 bits per heavy atom. The SMILES string of the molecule is CCN(C)CC(=O)N1CCC[C@]2(CCC(=O)N(CCc3ccccn3)C2)C1. The van der Waals surface area contributed by atoms with Crippen LogP contribution in [0.4, 0.5) is 0 Å². The van der Waals surface area contributed by atoms with Crippen LogP contribution in [0.3, 0.4) is 0 Å². The van der Waals surface area contributed by atoms with Crippen molar-refractivity contribution in [3.63, 3.8) is 0 Å². The lowest BCUT2D eigenvalue weighted by molar-refractivity contribution is -0.143. The smallest absolute Gasteiger partial charge is 0.236 e. The van der Waals surface area contributed by atoms with Crippen molar-refractivity contribution < 1.29 is 9.59 Å². The van der Waals surface area contributed by atoms with Crippen molar-refractivity contribution in [1.82, 2.24) is 19.7 Å². The summed E-state index contributed by atoms with van der Waals surface area (Å²) in [7, 11) is 1.98. The van der Waals surface area contributed by atoms with E-state index in [9.17, 15) is 9.59 Å². The van der Waals surface area contributed by atoms with Crippen molar-refractivity contribution in [1.29, 1.82) is 0 Å². The number of likely N-dealkylation sites (tertiary alicyclic amines) is 2. The van der Waals surface area contributed by atoms with Gasteiger partial charge in [-0.1, -0.05) is 13.0 Å². The molecule has 3 rings (SSSR count). The van der Waals surface area contributed by atoms with Gasteiger partial charge in [0, 0.05) is 56.3 Å². The molecule has 3 heterocycles. The van der Waals surface area contributed by atoms with Crippen LogP contribution >= 0.6 is 0 Å². The molecule has 2 aliphatic heterocycles. The summed E-state index contributed by atoms with van der Waals surface area (Å²) in [4.78, 5) is 35.6. The standard InChI is InChI=1S/C21H32N4O2/c1-3-23(2)15-20(27)24-13-6-10-21(16-24)11-8-19(26)25(17-21)14-9-18-7-4-5-12-22-18/h4-5,7,12H,3,6,8-11,13-17H2,1-2H3/t21-/m0/s1. The molecule has 1 atom stereocenters. The minimum absolute atomic E-state index is 0.0662. The molecule has 0 N–H and O–H groups in total. The lowest BCUT2D eigenvalue weighted by atomic mass is 9.73. The first-order valence-corrected chi connectivity index (χ1v) is 10.2. The molecule has 0 saturated carbocycles. The Balaban J connectivity index is 1.61. The van der Waals surface area contributed by atoms with E-state index in [2.05, 4.69) is 11.9 Å². The number of rotatable bonds is 6. The molecule has 148 valence electrons. The van der Waals surface area contributed by atoms with E-state index in [0.717, 1.165) is 57.6 Å². The van der Waals surface area contributed by atoms with Crippen molar-refractivity contribution in [3.05, 3.63) is 30.1 Å². The van der Waals surface area contributed by atoms with Crippen LogP contribution in [-0.4, -0.2) is 77.8 Å². The van der Waals surface area contributed by atoms with Gasteiger partial charge in [-0.3, -0.25) is 19.5 Å². The summed E-state index contributed by atoms with van der Waals surface area (Å²) in [6.07, 6.45) is 6.22. The van der Waals surface area contributed by atoms with Crippen LogP contribution in [0.25, 0.3) is 0 Å². The first kappa shape index (κ1) is 19.8. The summed E-state index contributed by atoms with van der Waals surface area (Å²) in [5.41, 5.74) is 1.09. The van der Waals surface area contributed by atoms with Crippen LogP contribution in [0.15, 0.2) is 24.4 Å². The topological polar surface area (TPSA) is 56.8 Å². The Morgan fingerprint density at radius 3 is 2.89 bits per heavy atom. The second kappa shape index (κ2) is 8.83. The maximum absolute atomic E-state index is 12.6. The third-order valence-electron chi connectivity index (χ3n) is 6.07. The van der Waals surface area contributed by atoms with Crippen LogP contribution in [0.1, 0.15) is 38.3 Å². The molecule has 2 saturated heterocycles. The van der Waals surface area contributed by atoms with Gasteiger partial charge in [0.15, 0.2) is 0 Å². The largest absolute Gasteiger partial charge is 0.342 e. The van der Waals surface area contributed by atoms with Crippen LogP contribution in [0.2, 0.25) is 0 Å². The van der Waals surface area contributed by atoms with Crippen molar-refractivity contribution in [2.75, 3.05) is 46.3 Å². The number of pyridine rings is 1. The van der Waals surface area contributed by atoms with Gasteiger partial charge in [-0.25, -0.2) is 0 Å². The zero-order valence-corrected chi connectivity index (χ0v) is 16.7. The van der Waals surface area contributed by atoms with Crippen molar-refractivity contribution >= 4 is 11.8 Å². The monoisotopic (exact) mass is 372 g/mol. The fraction of sp³-hybridized carbons (Fsp3) is 0.667. The van der Waals surface area contributed by atoms with Gasteiger partial charge in [-0.2, -0.15) is 0 Å². The molecular formula is C21H32N4O2. The predicted molar refractivity (Wildman–Crippen MR) is 105 cm³/mol. The van der Waals surface area contributed by atoms with E-state index >= 15 is 0 Å². The summed E-state index contributed by atoms with van der Waals surface area (Å²) >= 11 is 0. The minimum Gasteiger partial charge on any atom is -0.342 e. The molecular weight excluding hydrogens is 340 g/mol. The maximum atomic E-state index is 12.6. The third-order valence-corrected chi connectivity index (χ3v) is 6.07. The number of likely N-dealkylation sites (N-methyl/N-ethyl adjacent to an activating group) is 1. The molecule has 0 bridgehead atoms. The zero-order chi connectivity index (χ0) is 19.3. The molecule has 6 heteroatoms. The molecule has 0 unspecified atom stereocenters. The van der Waals surface area contributed by atoms with E-state index in [1.807, 2.05) is 39.9 Å². The normalized spacial score (nSPS) is 23.3. The van der Waals surface area contributed by atoms with Crippen LogP contribution in [0.5, 0.6) is 0 Å². The number of carbonyl (C=O) groups is 2. The van der Waals surface area contributed by atoms with Gasteiger partial charge >= 0.3 is 0 Å². The molecule has 2 amide bonds. The molecule has 27 heavy (non-hydrogen) atoms. The number of piperidine rings is 2. The predicted octanol–water partition coefficient (Wildman–Crippen LogP) is 1.81. The lowest BCUT2D eigenvalue weighted by Gasteiger charge is -2.48. The van der Waals surface area contributed by atoms with Crippen LogP contribution < -0.4 is 0 Å². The molecule has 1 aromatic rings. The first-order chi connectivity index (χ1) is 13.0. The van der Waals surface area contributed by atoms with E-state index in [-0.39, 0.29) is 17.2 Å². The van der Waals surface area contributed by atoms with Gasteiger partial charge in [-0.05, 0) is 45.0 Å². The number of hydrogen-bond acceptors (Lipinski definition) is 4. The van der Waals surface area contributed by atoms with E-state index in [1.54, 1.807) is 6.20 Å². The Morgan fingerprint density at radius 2 is 2.15 bits per heavy atom. The van der Waals surface area contributed by atoms with E-state index in [4.69, 9.17) is 0 Å². The fourth-order valence-electron chi connectivity index (χ4n) is 4.30. The Labute approximate surface area is 162 Å². The van der Waals surface area contributed by atoms with E-state index in [0.29, 0.717) is 19.5 Å². The maximum Gasteiger partial charge on any atom is 0.236 e. The highest BCUT2D eigenvalue weighted by atomic mass is 16.2. The second-order valence-corrected chi connectivity index (χ2v) is 8.14. The van der Waals surface area contributed by atoms with Gasteiger partial charge in [-0.15, -0.1) is 0 Å². The molecule has 0 radical (unpaired) electrons. The quantitative estimate of drug-likeness (QED) is 0.764. The number of aromatic nitrogens is 1. The van der Waals surface area contributed by atoms with Crippen molar-refractivity contribution in [2.24, 2.45) is 5.41 Å². The minimum atomic E-state index is 0.0662. The average molecular weight is 373 g/mol. The fourth-order valence-corrected chi connectivity index (χ4v) is 4.30. The van der Waals surface area contributed by atoms with Gasteiger partial charge < -0.3 is 9.80 Å². The zero-order valence-electron chi connectivity index (χ0n) is 16.7. The Kier molecular flexibility index (Phi) is 6.47. The highest BCUT2D eigenvalue weighted by Crippen LogP contribution is 2.39. The van der Waals surface area contributed by atoms with E-state index in [1.165, 1.54) is 0 Å². The molecule has 0 aromatic carbocycles. The average Bonchev–Trinajstić information content (AvgIpc) is 2.69. The summed E-state index contributed by atoms with van der Waals surface area (Å²) < 4.78 is 0. The Hall–Kier alpha value is -1.95. The number of hydrogen-bond donors (Lipinski definition) is 0. The summed E-state index contributed by atoms with van der Waals surface area (Å²) in [5, 5.41) is 0. The van der Waals surface area contributed by atoms with Gasteiger partial charge in [0.25, 0.3) is 0 Å². The van der Waals surface area contributed by atoms with Crippen molar-refractivity contribution in [2.45, 2.75) is 39.0 Å². The lowest BCUT2D eigenvalue weighted by Crippen LogP contribution is -2.56. The number of carbonyl (C=O) groups excluding carboxylic acids is 2. The summed E-state index contributed by atoms with van der Waals surface area (Å²) in [6, 6.07) is 5.91. The molecule has 1 spiro atoms. The molecule has 2 aliphatic rings. The molecule has 6 nitrogen and oxygen atoms in total. The van der Waals surface area contributed by atoms with E-state index < -0.39 is 0 Å². The first-order valence-electron chi connectivity index (χ1n) is 10.2. The highest BCUT2D eigenvalue weighted by molar-refractivity contribution is 5.79. The molecule has 0 aliphatic carbocycles. The third kappa shape index (κ3) is 5.06. The number of amides is 2. The second-order valence-electron chi connectivity index (χ2n) is 8.14. The number of nitrogens with zero attached hydrogens (tertiary/aromatic N) is 4. The summed E-state index contributed by atoms with van der Waals surface area (Å²) in [6.45, 7) is 6.54. The highest BCUT2D eigenvalue weighted by Gasteiger charge is 2.42. The van der Waals surface area contributed by atoms with Gasteiger partial charge in [0.05, 0.1) is 6.54 Å². The van der Waals surface area contributed by atoms with Crippen LogP contribution in [0, 0.1) is 5.41 Å². The van der Waals surface area contributed by atoms with Gasteiger partial charge in [0.1, 0.15) is 0 Å². The van der Waals surface area contributed by atoms with Crippen LogP contribution in [-0.2, 0) is 16.0 Å². The molecule has 1 aromatic heterocycles. The Bertz CT molecular complexity index is 651. The van der Waals surface area contributed by atoms with Crippen molar-refractivity contribution in [3.8, 4) is 0 Å². The van der Waals surface area contributed by atoms with Gasteiger partial charge in [0.2, 0.25) is 11.8 Å². The molecule has 2 fully saturated rings.